The minimum atomic E-state index is 0.804. The second-order valence-corrected chi connectivity index (χ2v) is 4.03. The minimum absolute atomic E-state index is 0.804. The van der Waals surface area contributed by atoms with E-state index in [-0.39, 0.29) is 0 Å². The van der Waals surface area contributed by atoms with Crippen LogP contribution >= 0.6 is 0 Å². The second-order valence-electron chi connectivity index (χ2n) is 4.03. The molecule has 3 nitrogen and oxygen atoms in total. The standard InChI is InChI=1S/C15H18N2O/c1-3-16-11-12-6-4-7-13(10-12)15-14(18-2)8-5-9-17-15/h4-10,16H,3,11H2,1-2H3. The highest BCUT2D eigenvalue weighted by atomic mass is 16.5. The fraction of sp³-hybridized carbons (Fsp3) is 0.267. The third-order valence-electron chi connectivity index (χ3n) is 2.77. The monoisotopic (exact) mass is 242 g/mol. The lowest BCUT2D eigenvalue weighted by Gasteiger charge is -2.09. The Morgan fingerprint density at radius 1 is 1.22 bits per heavy atom. The average Bonchev–Trinajstić information content (AvgIpc) is 2.45. The van der Waals surface area contributed by atoms with Gasteiger partial charge in [0.05, 0.1) is 7.11 Å². The summed E-state index contributed by atoms with van der Waals surface area (Å²) in [6.07, 6.45) is 1.79. The highest BCUT2D eigenvalue weighted by Gasteiger charge is 2.06. The third kappa shape index (κ3) is 2.87. The Bertz CT molecular complexity index is 511. The van der Waals surface area contributed by atoms with Crippen LogP contribution in [-0.2, 0) is 6.54 Å². The zero-order chi connectivity index (χ0) is 12.8. The molecule has 0 fully saturated rings. The summed E-state index contributed by atoms with van der Waals surface area (Å²) in [5, 5.41) is 3.32. The van der Waals surface area contributed by atoms with Gasteiger partial charge in [0.1, 0.15) is 11.4 Å². The molecule has 0 atom stereocenters. The molecule has 2 rings (SSSR count). The van der Waals surface area contributed by atoms with Crippen LogP contribution in [0.5, 0.6) is 5.75 Å². The summed E-state index contributed by atoms with van der Waals surface area (Å²) in [6, 6.07) is 12.2. The van der Waals surface area contributed by atoms with Crippen LogP contribution in [0.15, 0.2) is 42.6 Å². The number of hydrogen-bond donors (Lipinski definition) is 1. The summed E-state index contributed by atoms with van der Waals surface area (Å²) >= 11 is 0. The minimum Gasteiger partial charge on any atom is -0.494 e. The van der Waals surface area contributed by atoms with Crippen molar-refractivity contribution in [1.82, 2.24) is 10.3 Å². The van der Waals surface area contributed by atoms with Crippen molar-refractivity contribution in [2.75, 3.05) is 13.7 Å². The number of ether oxygens (including phenoxy) is 1. The predicted octanol–water partition coefficient (Wildman–Crippen LogP) is 2.87. The highest BCUT2D eigenvalue weighted by Crippen LogP contribution is 2.27. The van der Waals surface area contributed by atoms with Gasteiger partial charge in [0.2, 0.25) is 0 Å². The maximum Gasteiger partial charge on any atom is 0.145 e. The van der Waals surface area contributed by atoms with Crippen LogP contribution in [0.3, 0.4) is 0 Å². The van der Waals surface area contributed by atoms with Crippen LogP contribution in [0.1, 0.15) is 12.5 Å². The van der Waals surface area contributed by atoms with Crippen LogP contribution in [0.25, 0.3) is 11.3 Å². The van der Waals surface area contributed by atoms with E-state index in [1.807, 2.05) is 12.1 Å². The van der Waals surface area contributed by atoms with Gasteiger partial charge >= 0.3 is 0 Å². The lowest BCUT2D eigenvalue weighted by Crippen LogP contribution is -2.11. The molecule has 18 heavy (non-hydrogen) atoms. The number of rotatable bonds is 5. The van der Waals surface area contributed by atoms with Crippen molar-refractivity contribution in [3.8, 4) is 17.0 Å². The van der Waals surface area contributed by atoms with E-state index in [0.717, 1.165) is 30.1 Å². The summed E-state index contributed by atoms with van der Waals surface area (Å²) in [5.74, 6) is 0.804. The molecule has 1 heterocycles. The molecule has 0 saturated carbocycles. The molecular weight excluding hydrogens is 224 g/mol. The van der Waals surface area contributed by atoms with Crippen molar-refractivity contribution in [3.63, 3.8) is 0 Å². The van der Waals surface area contributed by atoms with Crippen molar-refractivity contribution < 1.29 is 4.74 Å². The van der Waals surface area contributed by atoms with Gasteiger partial charge in [-0.05, 0) is 30.3 Å². The molecule has 0 bridgehead atoms. The van der Waals surface area contributed by atoms with Crippen molar-refractivity contribution in [1.29, 1.82) is 0 Å². The van der Waals surface area contributed by atoms with Crippen LogP contribution in [0.2, 0.25) is 0 Å². The molecule has 0 aliphatic heterocycles. The number of nitrogens with one attached hydrogen (secondary N) is 1. The summed E-state index contributed by atoms with van der Waals surface area (Å²) < 4.78 is 5.34. The van der Waals surface area contributed by atoms with Gasteiger partial charge in [-0.2, -0.15) is 0 Å². The summed E-state index contributed by atoms with van der Waals surface area (Å²) in [6.45, 7) is 3.95. The smallest absolute Gasteiger partial charge is 0.145 e. The van der Waals surface area contributed by atoms with Crippen molar-refractivity contribution in [2.24, 2.45) is 0 Å². The largest absolute Gasteiger partial charge is 0.494 e. The fourth-order valence-corrected chi connectivity index (χ4v) is 1.87. The van der Waals surface area contributed by atoms with E-state index in [1.165, 1.54) is 5.56 Å². The zero-order valence-electron chi connectivity index (χ0n) is 10.8. The van der Waals surface area contributed by atoms with E-state index in [9.17, 15) is 0 Å². The fourth-order valence-electron chi connectivity index (χ4n) is 1.87. The van der Waals surface area contributed by atoms with Gasteiger partial charge in [0.15, 0.2) is 0 Å². The maximum atomic E-state index is 5.34. The molecular formula is C15H18N2O. The quantitative estimate of drug-likeness (QED) is 0.875. The summed E-state index contributed by atoms with van der Waals surface area (Å²) in [5.41, 5.74) is 3.23. The summed E-state index contributed by atoms with van der Waals surface area (Å²) in [7, 11) is 1.67. The van der Waals surface area contributed by atoms with Crippen molar-refractivity contribution >= 4 is 0 Å². The van der Waals surface area contributed by atoms with Crippen LogP contribution in [0, 0.1) is 0 Å². The number of hydrogen-bond acceptors (Lipinski definition) is 3. The topological polar surface area (TPSA) is 34.2 Å². The molecule has 0 aliphatic carbocycles. The molecule has 0 radical (unpaired) electrons. The average molecular weight is 242 g/mol. The Hall–Kier alpha value is -1.87. The number of methoxy groups -OCH3 is 1. The van der Waals surface area contributed by atoms with E-state index < -0.39 is 0 Å². The van der Waals surface area contributed by atoms with E-state index in [0.29, 0.717) is 0 Å². The molecule has 2 aromatic rings. The highest BCUT2D eigenvalue weighted by molar-refractivity contribution is 5.66. The Morgan fingerprint density at radius 3 is 2.89 bits per heavy atom. The molecule has 1 aromatic heterocycles. The first-order valence-corrected chi connectivity index (χ1v) is 6.14. The molecule has 0 saturated heterocycles. The van der Waals surface area contributed by atoms with Gasteiger partial charge in [0.25, 0.3) is 0 Å². The van der Waals surface area contributed by atoms with Crippen LogP contribution in [0.4, 0.5) is 0 Å². The molecule has 0 amide bonds. The first-order valence-electron chi connectivity index (χ1n) is 6.14. The zero-order valence-corrected chi connectivity index (χ0v) is 10.8. The van der Waals surface area contributed by atoms with E-state index in [4.69, 9.17) is 4.74 Å². The van der Waals surface area contributed by atoms with Gasteiger partial charge < -0.3 is 10.1 Å². The molecule has 3 heteroatoms. The van der Waals surface area contributed by atoms with Crippen molar-refractivity contribution in [2.45, 2.75) is 13.5 Å². The number of nitrogens with zero attached hydrogens (tertiary/aromatic N) is 1. The second kappa shape index (κ2) is 6.17. The maximum absolute atomic E-state index is 5.34. The SMILES string of the molecule is CCNCc1cccc(-c2ncccc2OC)c1. The molecule has 1 N–H and O–H groups in total. The lowest BCUT2D eigenvalue weighted by molar-refractivity contribution is 0.415. The number of aromatic nitrogens is 1. The van der Waals surface area contributed by atoms with Gasteiger partial charge in [-0.25, -0.2) is 0 Å². The lowest BCUT2D eigenvalue weighted by atomic mass is 10.1. The van der Waals surface area contributed by atoms with Crippen LogP contribution < -0.4 is 10.1 Å². The Kier molecular flexibility index (Phi) is 4.31. The predicted molar refractivity (Wildman–Crippen MR) is 73.6 cm³/mol. The number of pyridine rings is 1. The molecule has 0 spiro atoms. The normalized spacial score (nSPS) is 10.3. The molecule has 0 aliphatic rings. The molecule has 0 unspecified atom stereocenters. The molecule has 94 valence electrons. The van der Waals surface area contributed by atoms with Crippen molar-refractivity contribution in [3.05, 3.63) is 48.2 Å². The van der Waals surface area contributed by atoms with E-state index in [2.05, 4.69) is 41.5 Å². The van der Waals surface area contributed by atoms with Gasteiger partial charge in [-0.3, -0.25) is 4.98 Å². The van der Waals surface area contributed by atoms with Crippen LogP contribution in [-0.4, -0.2) is 18.6 Å². The van der Waals surface area contributed by atoms with Gasteiger partial charge in [0, 0.05) is 18.3 Å². The number of benzene rings is 1. The van der Waals surface area contributed by atoms with E-state index >= 15 is 0 Å². The van der Waals surface area contributed by atoms with E-state index in [1.54, 1.807) is 13.3 Å². The van der Waals surface area contributed by atoms with Gasteiger partial charge in [-0.1, -0.05) is 25.1 Å². The Balaban J connectivity index is 2.32. The first-order chi connectivity index (χ1) is 8.85. The third-order valence-corrected chi connectivity index (χ3v) is 2.77. The Morgan fingerprint density at radius 2 is 2.11 bits per heavy atom. The molecule has 1 aromatic carbocycles. The summed E-state index contributed by atoms with van der Waals surface area (Å²) in [4.78, 5) is 4.40. The van der Waals surface area contributed by atoms with Gasteiger partial charge in [-0.15, -0.1) is 0 Å². The first kappa shape index (κ1) is 12.6. The Labute approximate surface area is 108 Å².